The van der Waals surface area contributed by atoms with Crippen LogP contribution in [0.4, 0.5) is 0 Å². The highest BCUT2D eigenvalue weighted by Crippen LogP contribution is 2.26. The number of hydrogen-bond donors (Lipinski definition) is 0. The second-order valence-electron chi connectivity index (χ2n) is 4.87. The zero-order valence-corrected chi connectivity index (χ0v) is 13.8. The molecule has 4 nitrogen and oxygen atoms in total. The van der Waals surface area contributed by atoms with Gasteiger partial charge >= 0.3 is 0 Å². The predicted molar refractivity (Wildman–Crippen MR) is 86.2 cm³/mol. The molecule has 21 heavy (non-hydrogen) atoms. The molecule has 0 amide bonds. The average Bonchev–Trinajstić information content (AvgIpc) is 2.47. The quantitative estimate of drug-likeness (QED) is 0.766. The Morgan fingerprint density at radius 2 is 2.00 bits per heavy atom. The first-order valence-electron chi connectivity index (χ1n) is 6.92. The van der Waals surface area contributed by atoms with Crippen molar-refractivity contribution in [2.24, 2.45) is 0 Å². The van der Waals surface area contributed by atoms with Gasteiger partial charge in [0.2, 0.25) is 10.0 Å². The average molecular weight is 327 g/mol. The largest absolute Gasteiger partial charge is 0.256 e. The molecule has 0 spiro atoms. The molecular weight excluding hydrogens is 308 g/mol. The maximum Gasteiger partial charge on any atom is 0.243 e. The number of aromatic nitrogens is 1. The fraction of sp³-hybridized carbons (Fsp3) is 0.400. The minimum absolute atomic E-state index is 0.279. The van der Waals surface area contributed by atoms with Crippen molar-refractivity contribution >= 4 is 32.5 Å². The summed E-state index contributed by atoms with van der Waals surface area (Å²) in [5, 5.41) is 0.660. The van der Waals surface area contributed by atoms with Crippen molar-refractivity contribution < 1.29 is 8.42 Å². The molecule has 0 bridgehead atoms. The Morgan fingerprint density at radius 1 is 1.24 bits per heavy atom. The lowest BCUT2D eigenvalue weighted by atomic mass is 10.1. The zero-order valence-electron chi connectivity index (χ0n) is 12.2. The Kier molecular flexibility index (Phi) is 5.19. The summed E-state index contributed by atoms with van der Waals surface area (Å²) in [4.78, 5) is 4.60. The van der Waals surface area contributed by atoms with Crippen LogP contribution in [0.15, 0.2) is 35.4 Å². The van der Waals surface area contributed by atoms with Gasteiger partial charge in [0, 0.05) is 30.6 Å². The van der Waals surface area contributed by atoms with Gasteiger partial charge in [0.1, 0.15) is 0 Å². The number of nitrogens with zero attached hydrogens (tertiary/aromatic N) is 2. The van der Waals surface area contributed by atoms with Gasteiger partial charge in [0.05, 0.1) is 10.4 Å². The topological polar surface area (TPSA) is 50.3 Å². The molecule has 0 saturated carbocycles. The molecule has 1 aromatic heterocycles. The van der Waals surface area contributed by atoms with Crippen LogP contribution in [0.5, 0.6) is 0 Å². The van der Waals surface area contributed by atoms with Gasteiger partial charge in [-0.05, 0) is 37.1 Å². The molecule has 0 saturated heterocycles. The minimum Gasteiger partial charge on any atom is -0.256 e. The lowest BCUT2D eigenvalue weighted by Gasteiger charge is -2.21. The number of aryl methyl sites for hydroxylation is 1. The van der Waals surface area contributed by atoms with E-state index in [0.29, 0.717) is 23.4 Å². The fourth-order valence-corrected chi connectivity index (χ4v) is 4.37. The highest BCUT2D eigenvalue weighted by molar-refractivity contribution is 7.89. The maximum atomic E-state index is 12.9. The van der Waals surface area contributed by atoms with E-state index in [1.54, 1.807) is 30.5 Å². The Hall–Kier alpha value is -1.17. The molecule has 0 unspecified atom stereocenters. The van der Waals surface area contributed by atoms with E-state index < -0.39 is 10.0 Å². The minimum atomic E-state index is -3.56. The first-order valence-corrected chi connectivity index (χ1v) is 8.90. The van der Waals surface area contributed by atoms with Gasteiger partial charge in [-0.25, -0.2) is 8.42 Å². The summed E-state index contributed by atoms with van der Waals surface area (Å²) in [6, 6.07) is 7.01. The van der Waals surface area contributed by atoms with Crippen molar-refractivity contribution in [3.63, 3.8) is 0 Å². The Bertz CT molecular complexity index is 726. The number of hydrogen-bond acceptors (Lipinski definition) is 3. The summed E-state index contributed by atoms with van der Waals surface area (Å²) < 4.78 is 27.2. The van der Waals surface area contributed by atoms with Crippen LogP contribution in [0.25, 0.3) is 10.9 Å². The number of benzene rings is 1. The Labute approximate surface area is 130 Å². The second kappa shape index (κ2) is 6.73. The molecule has 0 atom stereocenters. The van der Waals surface area contributed by atoms with Crippen molar-refractivity contribution in [1.82, 2.24) is 9.29 Å². The van der Waals surface area contributed by atoms with E-state index >= 15 is 0 Å². The van der Waals surface area contributed by atoms with Crippen LogP contribution in [0.2, 0.25) is 0 Å². The van der Waals surface area contributed by atoms with Crippen LogP contribution in [0.3, 0.4) is 0 Å². The molecule has 1 aromatic carbocycles. The van der Waals surface area contributed by atoms with Crippen LogP contribution < -0.4 is 0 Å². The lowest BCUT2D eigenvalue weighted by Crippen LogP contribution is -2.33. The molecule has 114 valence electrons. The van der Waals surface area contributed by atoms with Crippen LogP contribution in [0, 0.1) is 6.92 Å². The molecule has 0 N–H and O–H groups in total. The van der Waals surface area contributed by atoms with Crippen molar-refractivity contribution in [3.05, 3.63) is 36.0 Å². The SMILES string of the molecule is CCCN(CCCl)S(=O)(=O)c1ccc(C)c2ncccc12. The molecular formula is C15H19ClN2O2S. The number of alkyl halides is 1. The van der Waals surface area contributed by atoms with Crippen molar-refractivity contribution in [3.8, 4) is 0 Å². The predicted octanol–water partition coefficient (Wildman–Crippen LogP) is 3.18. The number of halogens is 1. The van der Waals surface area contributed by atoms with E-state index in [1.807, 2.05) is 13.8 Å². The van der Waals surface area contributed by atoms with Crippen LogP contribution in [-0.4, -0.2) is 36.7 Å². The molecule has 0 aliphatic rings. The number of sulfonamides is 1. The third kappa shape index (κ3) is 3.20. The Morgan fingerprint density at radius 3 is 2.67 bits per heavy atom. The van der Waals surface area contributed by atoms with E-state index in [4.69, 9.17) is 11.6 Å². The van der Waals surface area contributed by atoms with Gasteiger partial charge in [-0.15, -0.1) is 11.6 Å². The molecule has 0 fully saturated rings. The third-order valence-corrected chi connectivity index (χ3v) is 5.48. The van der Waals surface area contributed by atoms with Crippen molar-refractivity contribution in [1.29, 1.82) is 0 Å². The fourth-order valence-electron chi connectivity index (χ4n) is 2.35. The monoisotopic (exact) mass is 326 g/mol. The summed E-state index contributed by atoms with van der Waals surface area (Å²) in [6.07, 6.45) is 2.42. The van der Waals surface area contributed by atoms with Gasteiger partial charge in [-0.2, -0.15) is 4.31 Å². The number of pyridine rings is 1. The summed E-state index contributed by atoms with van der Waals surface area (Å²) >= 11 is 5.75. The van der Waals surface area contributed by atoms with Crippen molar-refractivity contribution in [2.75, 3.05) is 19.0 Å². The molecule has 0 radical (unpaired) electrons. The summed E-state index contributed by atoms with van der Waals surface area (Å²) in [5.74, 6) is 0.279. The van der Waals surface area contributed by atoms with Gasteiger partial charge in [0.15, 0.2) is 0 Å². The summed E-state index contributed by atoms with van der Waals surface area (Å²) in [5.41, 5.74) is 1.69. The summed E-state index contributed by atoms with van der Waals surface area (Å²) in [7, 11) is -3.56. The van der Waals surface area contributed by atoms with Crippen LogP contribution in [-0.2, 0) is 10.0 Å². The van der Waals surface area contributed by atoms with E-state index in [-0.39, 0.29) is 5.88 Å². The first kappa shape index (κ1) is 16.2. The molecule has 6 heteroatoms. The van der Waals surface area contributed by atoms with Crippen molar-refractivity contribution in [2.45, 2.75) is 25.2 Å². The third-order valence-electron chi connectivity index (χ3n) is 3.36. The van der Waals surface area contributed by atoms with Gasteiger partial charge in [0.25, 0.3) is 0 Å². The van der Waals surface area contributed by atoms with Crippen LogP contribution in [0.1, 0.15) is 18.9 Å². The normalized spacial score (nSPS) is 12.2. The highest BCUT2D eigenvalue weighted by Gasteiger charge is 2.25. The second-order valence-corrected chi connectivity index (χ2v) is 7.16. The molecule has 1 heterocycles. The van der Waals surface area contributed by atoms with Crippen LogP contribution >= 0.6 is 11.6 Å². The van der Waals surface area contributed by atoms with E-state index in [2.05, 4.69) is 4.98 Å². The van der Waals surface area contributed by atoms with E-state index in [9.17, 15) is 8.42 Å². The standard InChI is InChI=1S/C15H19ClN2O2S/c1-3-10-18(11-8-16)21(19,20)14-7-6-12(2)15-13(14)5-4-9-17-15/h4-7,9H,3,8,10-11H2,1-2H3. The van der Waals surface area contributed by atoms with Gasteiger partial charge in [-0.1, -0.05) is 13.0 Å². The molecule has 2 aromatic rings. The zero-order chi connectivity index (χ0) is 15.5. The molecule has 0 aliphatic carbocycles. The smallest absolute Gasteiger partial charge is 0.243 e. The van der Waals surface area contributed by atoms with Gasteiger partial charge in [-0.3, -0.25) is 4.98 Å². The molecule has 2 rings (SSSR count). The van der Waals surface area contributed by atoms with E-state index in [0.717, 1.165) is 17.5 Å². The first-order chi connectivity index (χ1) is 10.0. The lowest BCUT2D eigenvalue weighted by molar-refractivity contribution is 0.429. The highest BCUT2D eigenvalue weighted by atomic mass is 35.5. The Balaban J connectivity index is 2.62. The number of rotatable bonds is 6. The molecule has 0 aliphatic heterocycles. The van der Waals surface area contributed by atoms with E-state index in [1.165, 1.54) is 4.31 Å². The maximum absolute atomic E-state index is 12.9. The number of fused-ring (bicyclic) bond motifs is 1. The summed E-state index contributed by atoms with van der Waals surface area (Å²) in [6.45, 7) is 4.65. The van der Waals surface area contributed by atoms with Gasteiger partial charge < -0.3 is 0 Å².